The first-order valence-electron chi connectivity index (χ1n) is 9.73. The van der Waals surface area contributed by atoms with Gasteiger partial charge >= 0.3 is 0 Å². The van der Waals surface area contributed by atoms with Crippen LogP contribution in [0.4, 0.5) is 4.39 Å². The monoisotopic (exact) mass is 394 g/mol. The summed E-state index contributed by atoms with van der Waals surface area (Å²) in [4.78, 5) is 16.9. The van der Waals surface area contributed by atoms with Gasteiger partial charge in [-0.2, -0.15) is 0 Å². The summed E-state index contributed by atoms with van der Waals surface area (Å²) in [6, 6.07) is 9.04. The van der Waals surface area contributed by atoms with E-state index >= 15 is 0 Å². The maximum atomic E-state index is 14.7. The van der Waals surface area contributed by atoms with Crippen molar-refractivity contribution < 1.29 is 18.7 Å². The number of nitrogens with zero attached hydrogens (tertiary/aromatic N) is 2. The van der Waals surface area contributed by atoms with Gasteiger partial charge in [-0.15, -0.1) is 0 Å². The second-order valence-electron chi connectivity index (χ2n) is 7.20. The number of rotatable bonds is 10. The molecule has 6 heteroatoms. The molecule has 150 valence electrons. The maximum absolute atomic E-state index is 14.7. The molecule has 1 aliphatic rings. The molecule has 1 aromatic carbocycles. The van der Waals surface area contributed by atoms with Gasteiger partial charge in [0.2, 0.25) is 0 Å². The zero-order chi connectivity index (χ0) is 20.2. The molecule has 1 saturated carbocycles. The van der Waals surface area contributed by atoms with E-state index in [0.717, 1.165) is 23.9 Å². The number of ketones is 1. The van der Waals surface area contributed by atoms with Crippen molar-refractivity contribution in [1.29, 1.82) is 0 Å². The predicted molar refractivity (Wildman–Crippen MR) is 108 cm³/mol. The fourth-order valence-electron chi connectivity index (χ4n) is 3.47. The minimum atomic E-state index is -0.234. The van der Waals surface area contributed by atoms with Crippen LogP contribution in [0.5, 0.6) is 0 Å². The van der Waals surface area contributed by atoms with Gasteiger partial charge in [0.15, 0.2) is 5.78 Å². The molecule has 3 aromatic rings. The molecular formula is C23H23FN2O3. The lowest BCUT2D eigenvalue weighted by Gasteiger charge is -2.13. The Bertz CT molecular complexity index is 1040. The number of hydrogen-bond donors (Lipinski definition) is 0. The SMILES string of the molecule is C=COCCOCC(=O)c1ccc2cncn2c1Cc1ccc(C2CC2)cc1F. The number of halogens is 1. The summed E-state index contributed by atoms with van der Waals surface area (Å²) in [7, 11) is 0. The zero-order valence-corrected chi connectivity index (χ0v) is 16.1. The molecule has 0 amide bonds. The van der Waals surface area contributed by atoms with Crippen LogP contribution in [-0.4, -0.2) is 35.0 Å². The minimum absolute atomic E-state index is 0.0726. The molecule has 1 aliphatic carbocycles. The number of hydrogen-bond acceptors (Lipinski definition) is 4. The standard InChI is InChI=1S/C23H23FN2O3/c1-2-28-9-10-29-14-23(27)20-8-7-19-13-25-15-26(19)22(20)12-18-6-5-17(11-21(18)24)16-3-4-16/h2,5-8,11,13,15-16H,1,3-4,9-10,12,14H2. The number of pyridine rings is 1. The van der Waals surface area contributed by atoms with E-state index in [9.17, 15) is 9.18 Å². The highest BCUT2D eigenvalue weighted by Gasteiger charge is 2.24. The number of aromatic nitrogens is 2. The molecule has 2 heterocycles. The number of carbonyl (C=O) groups excluding carboxylic acids is 1. The quantitative estimate of drug-likeness (QED) is 0.292. The Kier molecular flexibility index (Phi) is 5.71. The predicted octanol–water partition coefficient (Wildman–Crippen LogP) is 4.30. The first-order valence-corrected chi connectivity index (χ1v) is 9.73. The van der Waals surface area contributed by atoms with Crippen LogP contribution in [0.3, 0.4) is 0 Å². The molecule has 0 saturated heterocycles. The van der Waals surface area contributed by atoms with Crippen LogP contribution in [0, 0.1) is 5.82 Å². The molecule has 0 aliphatic heterocycles. The Morgan fingerprint density at radius 1 is 1.28 bits per heavy atom. The molecule has 2 aromatic heterocycles. The van der Waals surface area contributed by atoms with Gasteiger partial charge in [-0.1, -0.05) is 18.7 Å². The summed E-state index contributed by atoms with van der Waals surface area (Å²) < 4.78 is 27.0. The topological polar surface area (TPSA) is 52.8 Å². The van der Waals surface area contributed by atoms with Crippen molar-refractivity contribution in [3.05, 3.63) is 83.9 Å². The summed E-state index contributed by atoms with van der Waals surface area (Å²) in [6.45, 7) is 4.01. The van der Waals surface area contributed by atoms with Gasteiger partial charge in [-0.05, 0) is 48.1 Å². The molecule has 4 rings (SSSR count). The molecule has 0 spiro atoms. The summed E-state index contributed by atoms with van der Waals surface area (Å²) in [5, 5.41) is 0. The molecule has 0 radical (unpaired) electrons. The van der Waals surface area contributed by atoms with E-state index in [1.54, 1.807) is 24.7 Å². The highest BCUT2D eigenvalue weighted by Crippen LogP contribution is 2.40. The molecule has 29 heavy (non-hydrogen) atoms. The van der Waals surface area contributed by atoms with Crippen LogP contribution in [0.25, 0.3) is 5.52 Å². The lowest BCUT2D eigenvalue weighted by atomic mass is 9.99. The van der Waals surface area contributed by atoms with Gasteiger partial charge in [0.1, 0.15) is 19.0 Å². The molecule has 1 fully saturated rings. The van der Waals surface area contributed by atoms with Crippen LogP contribution in [0.15, 0.2) is 55.7 Å². The first-order chi connectivity index (χ1) is 14.2. The average molecular weight is 394 g/mol. The Hall–Kier alpha value is -2.99. The molecule has 0 N–H and O–H groups in total. The van der Waals surface area contributed by atoms with Crippen molar-refractivity contribution in [2.75, 3.05) is 19.8 Å². The van der Waals surface area contributed by atoms with Crippen LogP contribution in [0.2, 0.25) is 0 Å². The fourth-order valence-corrected chi connectivity index (χ4v) is 3.47. The van der Waals surface area contributed by atoms with E-state index in [2.05, 4.69) is 11.6 Å². The fraction of sp³-hybridized carbons (Fsp3) is 0.304. The largest absolute Gasteiger partial charge is 0.499 e. The summed E-state index contributed by atoms with van der Waals surface area (Å²) in [6.07, 6.45) is 7.25. The Balaban J connectivity index is 1.58. The van der Waals surface area contributed by atoms with Gasteiger partial charge in [0, 0.05) is 17.7 Å². The van der Waals surface area contributed by atoms with Crippen molar-refractivity contribution in [1.82, 2.24) is 9.38 Å². The minimum Gasteiger partial charge on any atom is -0.499 e. The second kappa shape index (κ2) is 8.57. The van der Waals surface area contributed by atoms with Gasteiger partial charge in [0.05, 0.1) is 30.9 Å². The molecular weight excluding hydrogens is 371 g/mol. The van der Waals surface area contributed by atoms with Crippen molar-refractivity contribution in [2.24, 2.45) is 0 Å². The van der Waals surface area contributed by atoms with Gasteiger partial charge in [0.25, 0.3) is 0 Å². The number of fused-ring (bicyclic) bond motifs is 1. The third-order valence-electron chi connectivity index (χ3n) is 5.17. The highest BCUT2D eigenvalue weighted by molar-refractivity contribution is 5.98. The van der Waals surface area contributed by atoms with Gasteiger partial charge in [-0.25, -0.2) is 9.37 Å². The second-order valence-corrected chi connectivity index (χ2v) is 7.20. The third-order valence-corrected chi connectivity index (χ3v) is 5.17. The average Bonchev–Trinajstić information content (AvgIpc) is 3.46. The lowest BCUT2D eigenvalue weighted by Crippen LogP contribution is -2.16. The van der Waals surface area contributed by atoms with Crippen molar-refractivity contribution >= 4 is 11.3 Å². The molecule has 5 nitrogen and oxygen atoms in total. The van der Waals surface area contributed by atoms with Crippen LogP contribution in [0.1, 0.15) is 45.9 Å². The van der Waals surface area contributed by atoms with Crippen LogP contribution in [-0.2, 0) is 15.9 Å². The Morgan fingerprint density at radius 3 is 2.90 bits per heavy atom. The van der Waals surface area contributed by atoms with E-state index in [0.29, 0.717) is 35.8 Å². The van der Waals surface area contributed by atoms with Gasteiger partial charge in [-0.3, -0.25) is 4.79 Å². The highest BCUT2D eigenvalue weighted by atomic mass is 19.1. The molecule has 0 atom stereocenters. The molecule has 0 bridgehead atoms. The first kappa shape index (κ1) is 19.3. The van der Waals surface area contributed by atoms with Crippen LogP contribution >= 0.6 is 0 Å². The van der Waals surface area contributed by atoms with E-state index in [1.807, 2.05) is 22.6 Å². The van der Waals surface area contributed by atoms with Gasteiger partial charge < -0.3 is 13.9 Å². The Labute approximate surface area is 168 Å². The normalized spacial score (nSPS) is 13.6. The summed E-state index contributed by atoms with van der Waals surface area (Å²) in [5.41, 5.74) is 3.68. The van der Waals surface area contributed by atoms with Crippen molar-refractivity contribution in [3.8, 4) is 0 Å². The van der Waals surface area contributed by atoms with E-state index in [-0.39, 0.29) is 24.8 Å². The molecule has 0 unspecified atom stereocenters. The summed E-state index contributed by atoms with van der Waals surface area (Å²) in [5.74, 6) is 0.0990. The number of imidazole rings is 1. The van der Waals surface area contributed by atoms with E-state index < -0.39 is 0 Å². The van der Waals surface area contributed by atoms with Crippen LogP contribution < -0.4 is 0 Å². The van der Waals surface area contributed by atoms with Crippen molar-refractivity contribution in [3.63, 3.8) is 0 Å². The third kappa shape index (κ3) is 4.38. The summed E-state index contributed by atoms with van der Waals surface area (Å²) >= 11 is 0. The zero-order valence-electron chi connectivity index (χ0n) is 16.1. The van der Waals surface area contributed by atoms with Crippen molar-refractivity contribution in [2.45, 2.75) is 25.2 Å². The van der Waals surface area contributed by atoms with E-state index in [4.69, 9.17) is 9.47 Å². The Morgan fingerprint density at radius 2 is 2.14 bits per heavy atom. The van der Waals surface area contributed by atoms with E-state index in [1.165, 1.54) is 6.26 Å². The number of benzene rings is 1. The number of carbonyl (C=O) groups is 1. The number of Topliss-reactive ketones (excluding diaryl/α,β-unsaturated/α-hetero) is 1. The smallest absolute Gasteiger partial charge is 0.190 e. The lowest BCUT2D eigenvalue weighted by molar-refractivity contribution is 0.0638. The maximum Gasteiger partial charge on any atom is 0.190 e. The number of ether oxygens (including phenoxy) is 2.